The number of carbonyl (C=O) groups excluding carboxylic acids is 1. The Hall–Kier alpha value is -2.60. The molecule has 0 saturated heterocycles. The van der Waals surface area contributed by atoms with Gasteiger partial charge in [0, 0.05) is 17.3 Å². The third kappa shape index (κ3) is 9.83. The van der Waals surface area contributed by atoms with Gasteiger partial charge in [-0.25, -0.2) is 0 Å². The van der Waals surface area contributed by atoms with Crippen LogP contribution in [0, 0.1) is 5.92 Å². The first-order valence-electron chi connectivity index (χ1n) is 11.1. The van der Waals surface area contributed by atoms with Crippen molar-refractivity contribution < 1.29 is 14.3 Å². The number of rotatable bonds is 12. The maximum atomic E-state index is 12.5. The van der Waals surface area contributed by atoms with Gasteiger partial charge in [0.1, 0.15) is 11.5 Å². The van der Waals surface area contributed by atoms with E-state index in [1.54, 1.807) is 12.1 Å². The lowest BCUT2D eigenvalue weighted by Crippen LogP contribution is -2.34. The van der Waals surface area contributed by atoms with Crippen LogP contribution in [0.15, 0.2) is 48.5 Å². The molecule has 2 rings (SSSR count). The van der Waals surface area contributed by atoms with Crippen molar-refractivity contribution >= 4 is 28.9 Å². The van der Waals surface area contributed by atoms with Crippen LogP contribution in [0.2, 0.25) is 0 Å². The highest BCUT2D eigenvalue weighted by atomic mass is 32.1. The highest BCUT2D eigenvalue weighted by Crippen LogP contribution is 2.18. The maximum Gasteiger partial charge on any atom is 0.257 e. The molecule has 2 N–H and O–H groups in total. The smallest absolute Gasteiger partial charge is 0.257 e. The van der Waals surface area contributed by atoms with E-state index in [2.05, 4.69) is 31.4 Å². The Kier molecular flexibility index (Phi) is 10.9. The second-order valence-corrected chi connectivity index (χ2v) is 8.31. The number of amides is 1. The van der Waals surface area contributed by atoms with Crippen molar-refractivity contribution in [3.05, 3.63) is 54.1 Å². The van der Waals surface area contributed by atoms with E-state index in [4.69, 9.17) is 21.7 Å². The summed E-state index contributed by atoms with van der Waals surface area (Å²) >= 11 is 5.29. The van der Waals surface area contributed by atoms with Gasteiger partial charge in [0.15, 0.2) is 5.11 Å². The third-order valence-corrected chi connectivity index (χ3v) is 4.87. The van der Waals surface area contributed by atoms with Gasteiger partial charge < -0.3 is 14.8 Å². The molecule has 0 radical (unpaired) electrons. The summed E-state index contributed by atoms with van der Waals surface area (Å²) in [5, 5.41) is 5.98. The van der Waals surface area contributed by atoms with Crippen molar-refractivity contribution in [1.82, 2.24) is 5.32 Å². The predicted octanol–water partition coefficient (Wildman–Crippen LogP) is 6.20. The van der Waals surface area contributed by atoms with Gasteiger partial charge in [0.25, 0.3) is 5.91 Å². The molecule has 0 unspecified atom stereocenters. The van der Waals surface area contributed by atoms with E-state index in [1.165, 1.54) is 19.3 Å². The highest BCUT2D eigenvalue weighted by Gasteiger charge is 2.09. The Balaban J connectivity index is 1.79. The van der Waals surface area contributed by atoms with Crippen molar-refractivity contribution in [3.63, 3.8) is 0 Å². The summed E-state index contributed by atoms with van der Waals surface area (Å²) in [6.45, 7) is 7.88. The van der Waals surface area contributed by atoms with E-state index in [0.29, 0.717) is 24.7 Å². The third-order valence-electron chi connectivity index (χ3n) is 4.67. The molecule has 168 valence electrons. The number of hydrogen-bond acceptors (Lipinski definition) is 4. The Morgan fingerprint density at radius 1 is 0.968 bits per heavy atom. The maximum absolute atomic E-state index is 12.5. The number of benzene rings is 2. The number of unbranched alkanes of at least 4 members (excludes halogenated alkanes) is 3. The lowest BCUT2D eigenvalue weighted by molar-refractivity contribution is 0.0977. The summed E-state index contributed by atoms with van der Waals surface area (Å²) < 4.78 is 11.5. The fraction of sp³-hybridized carbons (Fsp3) is 0.440. The quantitative estimate of drug-likeness (QED) is 0.303. The second kappa shape index (κ2) is 13.7. The lowest BCUT2D eigenvalue weighted by atomic mass is 10.1. The molecule has 1 amide bonds. The topological polar surface area (TPSA) is 59.6 Å². The second-order valence-electron chi connectivity index (χ2n) is 7.90. The molecule has 0 aliphatic carbocycles. The minimum atomic E-state index is -0.267. The molecule has 2 aromatic carbocycles. The van der Waals surface area contributed by atoms with Crippen LogP contribution in [-0.4, -0.2) is 24.2 Å². The average Bonchev–Trinajstić information content (AvgIpc) is 2.74. The first-order valence-corrected chi connectivity index (χ1v) is 11.5. The largest absolute Gasteiger partial charge is 0.494 e. The molecule has 0 bridgehead atoms. The molecule has 0 saturated carbocycles. The molecular formula is C25H34N2O3S. The summed E-state index contributed by atoms with van der Waals surface area (Å²) in [5.41, 5.74) is 1.28. The zero-order valence-corrected chi connectivity index (χ0v) is 19.6. The summed E-state index contributed by atoms with van der Waals surface area (Å²) in [7, 11) is 0. The molecule has 0 heterocycles. The molecule has 0 aliphatic rings. The monoisotopic (exact) mass is 442 g/mol. The first-order chi connectivity index (χ1) is 15.0. The van der Waals surface area contributed by atoms with Gasteiger partial charge in [-0.15, -0.1) is 0 Å². The molecule has 0 aliphatic heterocycles. The molecule has 2 aromatic rings. The van der Waals surface area contributed by atoms with Crippen LogP contribution in [0.3, 0.4) is 0 Å². The SMILES string of the molecule is CCCCCCOc1ccc(C(=O)NC(=S)Nc2cccc(OCCC(C)C)c2)cc1. The van der Waals surface area contributed by atoms with Crippen molar-refractivity contribution in [2.75, 3.05) is 18.5 Å². The molecule has 0 fully saturated rings. The van der Waals surface area contributed by atoms with Crippen molar-refractivity contribution in [2.45, 2.75) is 52.9 Å². The van der Waals surface area contributed by atoms with E-state index in [1.807, 2.05) is 36.4 Å². The van der Waals surface area contributed by atoms with E-state index in [-0.39, 0.29) is 11.0 Å². The van der Waals surface area contributed by atoms with Crippen molar-refractivity contribution in [1.29, 1.82) is 0 Å². The number of nitrogens with one attached hydrogen (secondary N) is 2. The number of anilines is 1. The zero-order chi connectivity index (χ0) is 22.5. The van der Waals surface area contributed by atoms with E-state index in [0.717, 1.165) is 30.0 Å². The fourth-order valence-corrected chi connectivity index (χ4v) is 3.05. The van der Waals surface area contributed by atoms with E-state index < -0.39 is 0 Å². The predicted molar refractivity (Wildman–Crippen MR) is 131 cm³/mol. The van der Waals surface area contributed by atoms with E-state index in [9.17, 15) is 4.79 Å². The summed E-state index contributed by atoms with van der Waals surface area (Å²) in [6, 6.07) is 14.6. The first kappa shape index (κ1) is 24.7. The molecule has 31 heavy (non-hydrogen) atoms. The molecular weight excluding hydrogens is 408 g/mol. The van der Waals surface area contributed by atoms with Crippen molar-refractivity contribution in [2.24, 2.45) is 5.92 Å². The standard InChI is InChI=1S/C25H34N2O3S/c1-4-5-6-7-16-29-22-13-11-20(12-14-22)24(28)27-25(31)26-21-9-8-10-23(18-21)30-17-15-19(2)3/h8-14,18-19H,4-7,15-17H2,1-3H3,(H2,26,27,28,31). The molecule has 0 spiro atoms. The van der Waals surface area contributed by atoms with Crippen LogP contribution in [0.5, 0.6) is 11.5 Å². The lowest BCUT2D eigenvalue weighted by Gasteiger charge is -2.12. The minimum absolute atomic E-state index is 0.237. The Bertz CT molecular complexity index is 822. The minimum Gasteiger partial charge on any atom is -0.494 e. The fourth-order valence-electron chi connectivity index (χ4n) is 2.84. The number of thiocarbonyl (C=S) groups is 1. The van der Waals surface area contributed by atoms with Gasteiger partial charge in [0.2, 0.25) is 0 Å². The van der Waals surface area contributed by atoms with Crippen LogP contribution in [-0.2, 0) is 0 Å². The van der Waals surface area contributed by atoms with E-state index >= 15 is 0 Å². The van der Waals surface area contributed by atoms with Crippen LogP contribution < -0.4 is 20.1 Å². The van der Waals surface area contributed by atoms with Gasteiger partial charge in [-0.3, -0.25) is 10.1 Å². The van der Waals surface area contributed by atoms with Crippen LogP contribution >= 0.6 is 12.2 Å². The summed E-state index contributed by atoms with van der Waals surface area (Å²) in [5.74, 6) is 1.86. The van der Waals surface area contributed by atoms with Crippen molar-refractivity contribution in [3.8, 4) is 11.5 Å². The summed E-state index contributed by atoms with van der Waals surface area (Å²) in [4.78, 5) is 12.5. The Morgan fingerprint density at radius 2 is 1.71 bits per heavy atom. The van der Waals surface area contributed by atoms with Gasteiger partial charge in [-0.1, -0.05) is 46.1 Å². The molecule has 6 heteroatoms. The number of hydrogen-bond donors (Lipinski definition) is 2. The average molecular weight is 443 g/mol. The highest BCUT2D eigenvalue weighted by molar-refractivity contribution is 7.80. The summed E-state index contributed by atoms with van der Waals surface area (Å²) in [6.07, 6.45) is 5.65. The molecule has 0 atom stereocenters. The Labute approximate surface area is 191 Å². The van der Waals surface area contributed by atoms with Gasteiger partial charge in [0.05, 0.1) is 13.2 Å². The number of carbonyl (C=O) groups is 1. The van der Waals surface area contributed by atoms with Crippen LogP contribution in [0.25, 0.3) is 0 Å². The Morgan fingerprint density at radius 3 is 2.42 bits per heavy atom. The molecule has 0 aromatic heterocycles. The van der Waals surface area contributed by atoms with Crippen LogP contribution in [0.4, 0.5) is 5.69 Å². The molecule has 5 nitrogen and oxygen atoms in total. The number of ether oxygens (including phenoxy) is 2. The zero-order valence-electron chi connectivity index (χ0n) is 18.8. The van der Waals surface area contributed by atoms with Crippen LogP contribution in [0.1, 0.15) is 63.2 Å². The van der Waals surface area contributed by atoms with Gasteiger partial charge in [-0.2, -0.15) is 0 Å². The van der Waals surface area contributed by atoms with Gasteiger partial charge in [-0.05, 0) is 67.4 Å². The normalized spacial score (nSPS) is 10.6. The van der Waals surface area contributed by atoms with Gasteiger partial charge >= 0.3 is 0 Å².